The predicted molar refractivity (Wildman–Crippen MR) is 88.5 cm³/mol. The van der Waals surface area contributed by atoms with Crippen molar-refractivity contribution in [3.63, 3.8) is 0 Å². The quantitative estimate of drug-likeness (QED) is 0.659. The highest BCUT2D eigenvalue weighted by atomic mass is 35.5. The van der Waals surface area contributed by atoms with Gasteiger partial charge in [0, 0.05) is 16.2 Å². The zero-order valence-corrected chi connectivity index (χ0v) is 14.4. The maximum Gasteiger partial charge on any atom is 0.263 e. The Morgan fingerprint density at radius 1 is 1.33 bits per heavy atom. The molecule has 114 valence electrons. The van der Waals surface area contributed by atoms with Gasteiger partial charge in [0.15, 0.2) is 11.5 Å². The Morgan fingerprint density at radius 3 is 2.62 bits per heavy atom. The van der Waals surface area contributed by atoms with Crippen molar-refractivity contribution >= 4 is 49.9 Å². The summed E-state index contributed by atoms with van der Waals surface area (Å²) < 4.78 is 12.0. The number of benzene rings is 1. The van der Waals surface area contributed by atoms with Crippen LogP contribution < -0.4 is 9.47 Å². The maximum atomic E-state index is 11.4. The van der Waals surface area contributed by atoms with E-state index < -0.39 is 5.24 Å². The first-order valence-electron chi connectivity index (χ1n) is 6.56. The summed E-state index contributed by atoms with van der Waals surface area (Å²) in [6.07, 6.45) is 0.956. The summed E-state index contributed by atoms with van der Waals surface area (Å²) in [4.78, 5) is 11.7. The van der Waals surface area contributed by atoms with Crippen molar-refractivity contribution in [2.45, 2.75) is 20.3 Å². The molecule has 0 bridgehead atoms. The van der Waals surface area contributed by atoms with Crippen LogP contribution in [-0.4, -0.2) is 19.0 Å². The van der Waals surface area contributed by atoms with Gasteiger partial charge in [-0.25, -0.2) is 0 Å². The molecule has 2 aromatic rings. The Kier molecular flexibility index (Phi) is 5.36. The highest BCUT2D eigenvalue weighted by Crippen LogP contribution is 2.42. The van der Waals surface area contributed by atoms with Gasteiger partial charge >= 0.3 is 0 Å². The second kappa shape index (κ2) is 6.86. The molecule has 1 aromatic heterocycles. The van der Waals surface area contributed by atoms with Crippen molar-refractivity contribution in [3.8, 4) is 11.5 Å². The highest BCUT2D eigenvalue weighted by Gasteiger charge is 2.18. The number of hydrogen-bond acceptors (Lipinski definition) is 4. The monoisotopic (exact) mass is 346 g/mol. The van der Waals surface area contributed by atoms with Crippen molar-refractivity contribution in [2.24, 2.45) is 5.92 Å². The first-order valence-corrected chi connectivity index (χ1v) is 8.14. The average molecular weight is 347 g/mol. The van der Waals surface area contributed by atoms with Crippen LogP contribution in [0.3, 0.4) is 0 Å². The van der Waals surface area contributed by atoms with E-state index in [1.54, 1.807) is 13.2 Å². The van der Waals surface area contributed by atoms with Crippen LogP contribution in [0.2, 0.25) is 5.02 Å². The fourth-order valence-electron chi connectivity index (χ4n) is 1.88. The van der Waals surface area contributed by atoms with E-state index in [4.69, 9.17) is 32.7 Å². The van der Waals surface area contributed by atoms with Crippen molar-refractivity contribution in [1.29, 1.82) is 0 Å². The molecule has 0 saturated heterocycles. The molecule has 21 heavy (non-hydrogen) atoms. The van der Waals surface area contributed by atoms with E-state index in [1.807, 2.05) is 6.07 Å². The number of halogens is 2. The van der Waals surface area contributed by atoms with E-state index in [9.17, 15) is 4.79 Å². The molecule has 1 heterocycles. The van der Waals surface area contributed by atoms with Gasteiger partial charge in [-0.2, -0.15) is 0 Å². The molecule has 2 rings (SSSR count). The summed E-state index contributed by atoms with van der Waals surface area (Å²) in [5.41, 5.74) is 0. The maximum absolute atomic E-state index is 11.4. The van der Waals surface area contributed by atoms with E-state index in [0.717, 1.165) is 16.5 Å². The lowest BCUT2D eigenvalue weighted by atomic mass is 10.1. The summed E-state index contributed by atoms with van der Waals surface area (Å²) in [6, 6.07) is 3.62. The number of ether oxygens (including phenoxy) is 2. The molecule has 0 N–H and O–H groups in total. The van der Waals surface area contributed by atoms with E-state index in [-0.39, 0.29) is 0 Å². The van der Waals surface area contributed by atoms with Crippen LogP contribution in [0.5, 0.6) is 11.5 Å². The molecule has 1 aromatic carbocycles. The molecule has 3 nitrogen and oxygen atoms in total. The van der Waals surface area contributed by atoms with Gasteiger partial charge in [0.25, 0.3) is 5.24 Å². The first kappa shape index (κ1) is 16.4. The SMILES string of the molecule is COc1cc2c(Cl)c(C(=O)Cl)sc2cc1OCCC(C)C. The van der Waals surface area contributed by atoms with Gasteiger partial charge in [-0.1, -0.05) is 25.4 Å². The lowest BCUT2D eigenvalue weighted by Crippen LogP contribution is -2.02. The number of fused-ring (bicyclic) bond motifs is 1. The summed E-state index contributed by atoms with van der Waals surface area (Å²) >= 11 is 13.0. The molecular weight excluding hydrogens is 331 g/mol. The lowest BCUT2D eigenvalue weighted by Gasteiger charge is -2.12. The Morgan fingerprint density at radius 2 is 2.05 bits per heavy atom. The largest absolute Gasteiger partial charge is 0.493 e. The normalized spacial score (nSPS) is 11.1. The Hall–Kier alpha value is -0.970. The molecule has 0 atom stereocenters. The molecule has 0 aliphatic rings. The summed E-state index contributed by atoms with van der Waals surface area (Å²) in [5.74, 6) is 1.81. The standard InChI is InChI=1S/C15H16Cl2O3S/c1-8(2)4-5-20-11-7-12-9(6-10(11)19-3)13(16)14(21-12)15(17)18/h6-8H,4-5H2,1-3H3. The molecule has 0 spiro atoms. The van der Waals surface area contributed by atoms with E-state index in [1.165, 1.54) is 11.3 Å². The van der Waals surface area contributed by atoms with Gasteiger partial charge in [0.2, 0.25) is 0 Å². The van der Waals surface area contributed by atoms with Gasteiger partial charge in [-0.3, -0.25) is 4.79 Å². The molecule has 0 amide bonds. The molecule has 0 aliphatic carbocycles. The minimum atomic E-state index is -0.553. The second-order valence-electron chi connectivity index (χ2n) is 5.05. The van der Waals surface area contributed by atoms with Gasteiger partial charge in [0.05, 0.1) is 18.7 Å². The van der Waals surface area contributed by atoms with Crippen LogP contribution in [0.4, 0.5) is 0 Å². The lowest BCUT2D eigenvalue weighted by molar-refractivity contribution is 0.108. The number of carbonyl (C=O) groups is 1. The number of methoxy groups -OCH3 is 1. The van der Waals surface area contributed by atoms with E-state index >= 15 is 0 Å². The molecule has 0 radical (unpaired) electrons. The van der Waals surface area contributed by atoms with Crippen LogP contribution in [0, 0.1) is 5.92 Å². The van der Waals surface area contributed by atoms with Crippen molar-refractivity contribution in [2.75, 3.05) is 13.7 Å². The van der Waals surface area contributed by atoms with E-state index in [2.05, 4.69) is 13.8 Å². The fourth-order valence-corrected chi connectivity index (χ4v) is 3.49. The third-order valence-electron chi connectivity index (χ3n) is 3.04. The Labute approximate surface area is 137 Å². The molecule has 6 heteroatoms. The summed E-state index contributed by atoms with van der Waals surface area (Å²) in [7, 11) is 1.57. The van der Waals surface area contributed by atoms with Gasteiger partial charge in [-0.05, 0) is 30.0 Å². The van der Waals surface area contributed by atoms with Gasteiger partial charge in [0.1, 0.15) is 4.88 Å². The summed E-state index contributed by atoms with van der Waals surface area (Å²) in [6.45, 7) is 4.89. The first-order chi connectivity index (χ1) is 9.93. The summed E-state index contributed by atoms with van der Waals surface area (Å²) in [5, 5.41) is 0.559. The fraction of sp³-hybridized carbons (Fsp3) is 0.400. The van der Waals surface area contributed by atoms with Gasteiger partial charge < -0.3 is 9.47 Å². The highest BCUT2D eigenvalue weighted by molar-refractivity contribution is 7.23. The second-order valence-corrected chi connectivity index (χ2v) is 6.82. The minimum absolute atomic E-state index is 0.342. The zero-order chi connectivity index (χ0) is 15.6. The van der Waals surface area contributed by atoms with Crippen LogP contribution in [-0.2, 0) is 0 Å². The third-order valence-corrected chi connectivity index (χ3v) is 5.00. The van der Waals surface area contributed by atoms with E-state index in [0.29, 0.717) is 33.9 Å². The van der Waals surface area contributed by atoms with Crippen LogP contribution >= 0.6 is 34.5 Å². The van der Waals surface area contributed by atoms with Crippen molar-refractivity contribution in [1.82, 2.24) is 0 Å². The van der Waals surface area contributed by atoms with Crippen molar-refractivity contribution in [3.05, 3.63) is 22.0 Å². The van der Waals surface area contributed by atoms with Crippen molar-refractivity contribution < 1.29 is 14.3 Å². The Bertz CT molecular complexity index is 664. The number of thiophene rings is 1. The Balaban J connectivity index is 2.39. The number of hydrogen-bond donors (Lipinski definition) is 0. The topological polar surface area (TPSA) is 35.5 Å². The minimum Gasteiger partial charge on any atom is -0.493 e. The predicted octanol–water partition coefficient (Wildman–Crippen LogP) is 5.37. The molecule has 0 unspecified atom stereocenters. The average Bonchev–Trinajstić information content (AvgIpc) is 2.74. The molecule has 0 aliphatic heterocycles. The molecule has 0 saturated carbocycles. The third kappa shape index (κ3) is 3.62. The number of carbonyl (C=O) groups excluding carboxylic acids is 1. The van der Waals surface area contributed by atoms with Crippen LogP contribution in [0.1, 0.15) is 29.9 Å². The molecule has 0 fully saturated rings. The van der Waals surface area contributed by atoms with Crippen LogP contribution in [0.25, 0.3) is 10.1 Å². The van der Waals surface area contributed by atoms with Crippen LogP contribution in [0.15, 0.2) is 12.1 Å². The van der Waals surface area contributed by atoms with Gasteiger partial charge in [-0.15, -0.1) is 11.3 Å². The number of rotatable bonds is 6. The molecular formula is C15H16Cl2O3S. The zero-order valence-electron chi connectivity index (χ0n) is 12.0. The smallest absolute Gasteiger partial charge is 0.263 e.